The largest absolute Gasteiger partial charge is 0.319 e. The number of nitrogens with one attached hydrogen (secondary N) is 1. The summed E-state index contributed by atoms with van der Waals surface area (Å²) in [6.07, 6.45) is 1.66. The molecule has 0 unspecified atom stereocenters. The molecule has 2 aromatic heterocycles. The van der Waals surface area contributed by atoms with Crippen LogP contribution >= 0.6 is 11.8 Å². The molecule has 0 aliphatic rings. The van der Waals surface area contributed by atoms with Crippen LogP contribution in [0.1, 0.15) is 24.0 Å². The van der Waals surface area contributed by atoms with Crippen molar-refractivity contribution < 1.29 is 4.79 Å². The van der Waals surface area contributed by atoms with Crippen LogP contribution in [0.4, 0.5) is 5.69 Å². The molecule has 0 aliphatic heterocycles. The Hall–Kier alpha value is -3.59. The Morgan fingerprint density at radius 2 is 1.68 bits per heavy atom. The minimum atomic E-state index is -0.260. The number of hydrogen-bond acceptors (Lipinski definition) is 5. The van der Waals surface area contributed by atoms with E-state index in [2.05, 4.69) is 27.6 Å². The van der Waals surface area contributed by atoms with Crippen LogP contribution in [0, 0.1) is 6.92 Å². The van der Waals surface area contributed by atoms with Crippen LogP contribution < -0.4 is 10.9 Å². The Morgan fingerprint density at radius 3 is 2.35 bits per heavy atom. The Bertz CT molecular complexity index is 1320. The second-order valence-corrected chi connectivity index (χ2v) is 8.84. The summed E-state index contributed by atoms with van der Waals surface area (Å²) in [4.78, 5) is 25.7. The zero-order valence-electron chi connectivity index (χ0n) is 19.6. The van der Waals surface area contributed by atoms with Gasteiger partial charge in [-0.15, -0.1) is 10.2 Å². The van der Waals surface area contributed by atoms with Gasteiger partial charge in [-0.2, -0.15) is 0 Å². The molecule has 1 N–H and O–H groups in total. The van der Waals surface area contributed by atoms with Gasteiger partial charge in [-0.3, -0.25) is 14.3 Å². The van der Waals surface area contributed by atoms with E-state index >= 15 is 0 Å². The molecule has 2 aromatic carbocycles. The molecule has 9 heteroatoms. The van der Waals surface area contributed by atoms with Gasteiger partial charge < -0.3 is 9.88 Å². The maximum Gasteiger partial charge on any atom is 0.295 e. The van der Waals surface area contributed by atoms with Gasteiger partial charge in [0, 0.05) is 20.0 Å². The molecule has 4 aromatic rings. The van der Waals surface area contributed by atoms with E-state index in [1.54, 1.807) is 16.4 Å². The van der Waals surface area contributed by atoms with Crippen molar-refractivity contribution in [1.29, 1.82) is 0 Å². The normalized spacial score (nSPS) is 11.0. The van der Waals surface area contributed by atoms with Gasteiger partial charge in [0.15, 0.2) is 5.16 Å². The van der Waals surface area contributed by atoms with Crippen LogP contribution in [0.15, 0.2) is 70.6 Å². The van der Waals surface area contributed by atoms with Crippen molar-refractivity contribution in [1.82, 2.24) is 24.1 Å². The van der Waals surface area contributed by atoms with Gasteiger partial charge in [0.1, 0.15) is 11.5 Å². The first-order valence-electron chi connectivity index (χ1n) is 11.2. The zero-order valence-corrected chi connectivity index (χ0v) is 20.4. The number of thioether (sulfide) groups is 1. The molecular weight excluding hydrogens is 448 g/mol. The summed E-state index contributed by atoms with van der Waals surface area (Å²) in [6.45, 7) is 4.58. The molecule has 0 atom stereocenters. The number of aryl methyl sites for hydroxylation is 2. The molecule has 0 bridgehead atoms. The van der Waals surface area contributed by atoms with Gasteiger partial charge in [-0.1, -0.05) is 60.3 Å². The lowest BCUT2D eigenvalue weighted by atomic mass is 10.1. The number of rotatable bonds is 9. The topological polar surface area (TPSA) is 86.7 Å². The maximum absolute atomic E-state index is 13.0. The number of amides is 1. The third-order valence-corrected chi connectivity index (χ3v) is 6.71. The number of para-hydroxylation sites is 1. The van der Waals surface area contributed by atoms with E-state index in [1.165, 1.54) is 17.3 Å². The summed E-state index contributed by atoms with van der Waals surface area (Å²) in [7, 11) is 1.80. The standard InChI is InChI=1S/C25H28N6O2S/c1-4-30-21(16-15-19-11-7-5-8-12-19)27-28-25(30)34-17-22(32)26-23-18(2)29(3)31(24(23)33)20-13-9-6-10-14-20/h5-14H,4,15-17H2,1-3H3,(H,26,32). The summed E-state index contributed by atoms with van der Waals surface area (Å²) >= 11 is 1.32. The third kappa shape index (κ3) is 4.99. The van der Waals surface area contributed by atoms with Crippen molar-refractivity contribution in [3.8, 4) is 5.69 Å². The van der Waals surface area contributed by atoms with Crippen molar-refractivity contribution in [3.05, 3.63) is 88.1 Å². The fourth-order valence-electron chi connectivity index (χ4n) is 3.85. The molecule has 0 saturated heterocycles. The zero-order chi connectivity index (χ0) is 24.1. The monoisotopic (exact) mass is 476 g/mol. The van der Waals surface area contributed by atoms with E-state index in [4.69, 9.17) is 0 Å². The maximum atomic E-state index is 13.0. The van der Waals surface area contributed by atoms with Crippen molar-refractivity contribution in [2.75, 3.05) is 11.1 Å². The second kappa shape index (κ2) is 10.6. The molecule has 34 heavy (non-hydrogen) atoms. The first kappa shape index (κ1) is 23.6. The lowest BCUT2D eigenvalue weighted by molar-refractivity contribution is -0.113. The van der Waals surface area contributed by atoms with Crippen molar-refractivity contribution in [3.63, 3.8) is 0 Å². The Morgan fingerprint density at radius 1 is 1.00 bits per heavy atom. The van der Waals surface area contributed by atoms with Gasteiger partial charge in [0.05, 0.1) is 17.1 Å². The van der Waals surface area contributed by atoms with Crippen LogP contribution in [0.2, 0.25) is 0 Å². The van der Waals surface area contributed by atoms with E-state index in [0.29, 0.717) is 10.9 Å². The predicted molar refractivity (Wildman–Crippen MR) is 135 cm³/mol. The molecule has 176 valence electrons. The summed E-state index contributed by atoms with van der Waals surface area (Å²) in [5, 5.41) is 12.1. The van der Waals surface area contributed by atoms with E-state index < -0.39 is 0 Å². The second-order valence-electron chi connectivity index (χ2n) is 7.90. The van der Waals surface area contributed by atoms with E-state index in [9.17, 15) is 9.59 Å². The minimum absolute atomic E-state index is 0.135. The first-order chi connectivity index (χ1) is 16.5. The summed E-state index contributed by atoms with van der Waals surface area (Å²) < 4.78 is 5.33. The molecule has 0 fully saturated rings. The summed E-state index contributed by atoms with van der Waals surface area (Å²) in [5.41, 5.74) is 2.71. The van der Waals surface area contributed by atoms with E-state index in [-0.39, 0.29) is 22.9 Å². The van der Waals surface area contributed by atoms with Crippen molar-refractivity contribution >= 4 is 23.4 Å². The highest BCUT2D eigenvalue weighted by molar-refractivity contribution is 7.99. The first-order valence-corrected chi connectivity index (χ1v) is 12.2. The fourth-order valence-corrected chi connectivity index (χ4v) is 4.67. The number of aromatic nitrogens is 5. The van der Waals surface area contributed by atoms with E-state index in [0.717, 1.165) is 30.9 Å². The minimum Gasteiger partial charge on any atom is -0.319 e. The van der Waals surface area contributed by atoms with Gasteiger partial charge >= 0.3 is 0 Å². The average Bonchev–Trinajstić information content (AvgIpc) is 3.35. The molecule has 0 radical (unpaired) electrons. The summed E-state index contributed by atoms with van der Waals surface area (Å²) in [5.74, 6) is 0.780. The molecule has 1 amide bonds. The van der Waals surface area contributed by atoms with Crippen molar-refractivity contribution in [2.24, 2.45) is 7.05 Å². The molecule has 0 aliphatic carbocycles. The number of nitrogens with zero attached hydrogens (tertiary/aromatic N) is 5. The lowest BCUT2D eigenvalue weighted by Crippen LogP contribution is -2.23. The highest BCUT2D eigenvalue weighted by Gasteiger charge is 2.19. The van der Waals surface area contributed by atoms with Gasteiger partial charge in [0.25, 0.3) is 5.56 Å². The lowest BCUT2D eigenvalue weighted by Gasteiger charge is -2.08. The van der Waals surface area contributed by atoms with Crippen LogP contribution in [0.25, 0.3) is 5.69 Å². The van der Waals surface area contributed by atoms with Gasteiger partial charge in [-0.05, 0) is 38.0 Å². The number of hydrogen-bond donors (Lipinski definition) is 1. The average molecular weight is 477 g/mol. The number of carbonyl (C=O) groups excluding carboxylic acids is 1. The van der Waals surface area contributed by atoms with E-state index in [1.807, 2.05) is 66.9 Å². The molecule has 0 spiro atoms. The van der Waals surface area contributed by atoms with Crippen LogP contribution in [-0.4, -0.2) is 35.8 Å². The number of benzene rings is 2. The smallest absolute Gasteiger partial charge is 0.295 e. The Balaban J connectivity index is 1.42. The number of anilines is 1. The highest BCUT2D eigenvalue weighted by atomic mass is 32.2. The summed E-state index contributed by atoms with van der Waals surface area (Å²) in [6, 6.07) is 19.6. The molecular formula is C25H28N6O2S. The Labute approximate surface area is 202 Å². The third-order valence-electron chi connectivity index (χ3n) is 5.74. The SMILES string of the molecule is CCn1c(CCc2ccccc2)nnc1SCC(=O)Nc1c(C)n(C)n(-c2ccccc2)c1=O. The number of carbonyl (C=O) groups is 1. The highest BCUT2D eigenvalue weighted by Crippen LogP contribution is 2.19. The Kier molecular flexibility index (Phi) is 7.32. The molecule has 0 saturated carbocycles. The molecule has 2 heterocycles. The van der Waals surface area contributed by atoms with Crippen LogP contribution in [0.3, 0.4) is 0 Å². The fraction of sp³-hybridized carbons (Fsp3) is 0.280. The predicted octanol–water partition coefficient (Wildman–Crippen LogP) is 3.61. The molecule has 8 nitrogen and oxygen atoms in total. The molecule has 4 rings (SSSR count). The van der Waals surface area contributed by atoms with Crippen LogP contribution in [0.5, 0.6) is 0 Å². The van der Waals surface area contributed by atoms with Gasteiger partial charge in [0.2, 0.25) is 5.91 Å². The quantitative estimate of drug-likeness (QED) is 0.373. The van der Waals surface area contributed by atoms with Gasteiger partial charge in [-0.25, -0.2) is 4.68 Å². The van der Waals surface area contributed by atoms with Crippen LogP contribution in [-0.2, 0) is 31.2 Å². The van der Waals surface area contributed by atoms with Crippen molar-refractivity contribution in [2.45, 2.75) is 38.4 Å².